The summed E-state index contributed by atoms with van der Waals surface area (Å²) in [6.07, 6.45) is 3.38. The Kier molecular flexibility index (Phi) is 17.9. The third-order valence-electron chi connectivity index (χ3n) is 0.925. The van der Waals surface area contributed by atoms with E-state index in [0.29, 0.717) is 6.54 Å². The van der Waals surface area contributed by atoms with Gasteiger partial charge in [-0.25, -0.2) is 0 Å². The second-order valence-electron chi connectivity index (χ2n) is 1.77. The fourth-order valence-corrected chi connectivity index (χ4v) is 0.477. The minimum Gasteiger partial charge on any atom is -0.287 e. The van der Waals surface area contributed by atoms with Gasteiger partial charge in [0.05, 0.1) is 0 Å². The standard InChI is InChI=1S/C5H11N3.H2N2O/c1-2-3-4-5-7-8-6;1-2-3/h2-5H2,1H3;(H2,1,3). The summed E-state index contributed by atoms with van der Waals surface area (Å²) in [6, 6.07) is 0. The molecule has 0 aromatic rings. The first-order valence-electron chi connectivity index (χ1n) is 3.36. The molecule has 2 N–H and O–H groups in total. The summed E-state index contributed by atoms with van der Waals surface area (Å²) in [5.41, 5.74) is 7.82. The van der Waals surface area contributed by atoms with Crippen LogP contribution in [0.5, 0.6) is 0 Å². The molecule has 11 heavy (non-hydrogen) atoms. The summed E-state index contributed by atoms with van der Waals surface area (Å²) in [5, 5.41) is 5.14. The summed E-state index contributed by atoms with van der Waals surface area (Å²) in [6.45, 7) is 2.78. The largest absolute Gasteiger partial charge is 0.287 e. The van der Waals surface area contributed by atoms with Crippen molar-refractivity contribution in [1.29, 1.82) is 0 Å². The first-order chi connectivity index (χ1) is 5.33. The molecule has 0 heterocycles. The molecule has 0 aromatic carbocycles. The summed E-state index contributed by atoms with van der Waals surface area (Å²) in [5.74, 6) is 3.92. The van der Waals surface area contributed by atoms with Crippen molar-refractivity contribution in [3.05, 3.63) is 15.3 Å². The van der Waals surface area contributed by atoms with Gasteiger partial charge in [0.15, 0.2) is 0 Å². The van der Waals surface area contributed by atoms with E-state index in [1.807, 2.05) is 0 Å². The Morgan fingerprint density at radius 1 is 1.55 bits per heavy atom. The smallest absolute Gasteiger partial charge is 0.0468 e. The minimum absolute atomic E-state index is 0.657. The lowest BCUT2D eigenvalue weighted by molar-refractivity contribution is 0.725. The lowest BCUT2D eigenvalue weighted by atomic mass is 10.3. The number of hydrogen-bond acceptors (Lipinski definition) is 3. The number of nitrogens with zero attached hydrogens (tertiary/aromatic N) is 4. The Morgan fingerprint density at radius 2 is 2.09 bits per heavy atom. The molecule has 0 saturated heterocycles. The Labute approximate surface area is 65.3 Å². The highest BCUT2D eigenvalue weighted by Gasteiger charge is 1.79. The first kappa shape index (κ1) is 12.4. The highest BCUT2D eigenvalue weighted by atomic mass is 16.3. The van der Waals surface area contributed by atoms with Gasteiger partial charge < -0.3 is 0 Å². The van der Waals surface area contributed by atoms with Crippen LogP contribution in [0.4, 0.5) is 0 Å². The van der Waals surface area contributed by atoms with Gasteiger partial charge in [-0.1, -0.05) is 24.9 Å². The lowest BCUT2D eigenvalue weighted by Crippen LogP contribution is -1.76. The third kappa shape index (κ3) is 28.5. The van der Waals surface area contributed by atoms with Crippen LogP contribution in [0.25, 0.3) is 10.4 Å². The zero-order valence-electron chi connectivity index (χ0n) is 6.60. The molecule has 0 amide bonds. The molecule has 0 bridgehead atoms. The van der Waals surface area contributed by atoms with E-state index in [9.17, 15) is 0 Å². The first-order valence-corrected chi connectivity index (χ1v) is 3.36. The van der Waals surface area contributed by atoms with Crippen molar-refractivity contribution in [2.24, 2.45) is 16.2 Å². The summed E-state index contributed by atoms with van der Waals surface area (Å²) >= 11 is 0. The van der Waals surface area contributed by atoms with Gasteiger partial charge in [0.2, 0.25) is 0 Å². The van der Waals surface area contributed by atoms with Gasteiger partial charge in [-0.3, -0.25) is 5.84 Å². The molecule has 0 aromatic heterocycles. The van der Waals surface area contributed by atoms with E-state index in [0.717, 1.165) is 6.42 Å². The number of rotatable bonds is 4. The highest BCUT2D eigenvalue weighted by Crippen LogP contribution is 1.92. The summed E-state index contributed by atoms with van der Waals surface area (Å²) < 4.78 is 0. The van der Waals surface area contributed by atoms with Gasteiger partial charge >= 0.3 is 0 Å². The maximum Gasteiger partial charge on any atom is 0.0468 e. The number of hydrogen-bond donors (Lipinski definition) is 1. The van der Waals surface area contributed by atoms with Crippen LogP contribution in [0, 0.1) is 4.91 Å². The van der Waals surface area contributed by atoms with E-state index in [-0.39, 0.29) is 0 Å². The molecule has 0 aliphatic carbocycles. The van der Waals surface area contributed by atoms with Crippen LogP contribution in [0.1, 0.15) is 26.2 Å². The Balaban J connectivity index is 0. The zero-order chi connectivity index (χ0) is 8.95. The average Bonchev–Trinajstić information content (AvgIpc) is 2.00. The number of azide groups is 1. The van der Waals surface area contributed by atoms with Gasteiger partial charge in [0, 0.05) is 16.7 Å². The van der Waals surface area contributed by atoms with Crippen molar-refractivity contribution in [3.63, 3.8) is 0 Å². The monoisotopic (exact) mass is 159 g/mol. The van der Waals surface area contributed by atoms with Crippen molar-refractivity contribution in [3.8, 4) is 0 Å². The molecule has 0 radical (unpaired) electrons. The van der Waals surface area contributed by atoms with Crippen molar-refractivity contribution in [2.75, 3.05) is 6.54 Å². The summed E-state index contributed by atoms with van der Waals surface area (Å²) in [4.78, 5) is 11.0. The number of nitroso groups, excluding NO2 is 1. The molecule has 0 spiro atoms. The topological polar surface area (TPSA) is 104 Å². The molecule has 6 heteroatoms. The van der Waals surface area contributed by atoms with Gasteiger partial charge in [-0.2, -0.15) is 0 Å². The Hall–Kier alpha value is -1.29. The quantitative estimate of drug-likeness (QED) is 0.129. The van der Waals surface area contributed by atoms with E-state index >= 15 is 0 Å². The molecule has 0 aliphatic rings. The van der Waals surface area contributed by atoms with Gasteiger partial charge in [0.25, 0.3) is 0 Å². The fourth-order valence-electron chi connectivity index (χ4n) is 0.477. The second-order valence-corrected chi connectivity index (χ2v) is 1.77. The van der Waals surface area contributed by atoms with Crippen LogP contribution < -0.4 is 5.84 Å². The number of unbranched alkanes of at least 4 members (excludes halogenated alkanes) is 2. The molecule has 0 fully saturated rings. The van der Waals surface area contributed by atoms with Crippen LogP contribution in [0.15, 0.2) is 10.4 Å². The van der Waals surface area contributed by atoms with E-state index in [2.05, 4.69) is 22.8 Å². The SMILES string of the molecule is CCCCCN=[N+]=[N-].NN=O. The van der Waals surface area contributed by atoms with E-state index in [4.69, 9.17) is 10.4 Å². The Bertz CT molecular complexity index is 120. The van der Waals surface area contributed by atoms with Crippen LogP contribution in [0.2, 0.25) is 0 Å². The zero-order valence-corrected chi connectivity index (χ0v) is 6.60. The molecular formula is C5H13N5O. The molecule has 64 valence electrons. The average molecular weight is 159 g/mol. The van der Waals surface area contributed by atoms with E-state index in [1.54, 1.807) is 5.29 Å². The molecular weight excluding hydrogens is 146 g/mol. The van der Waals surface area contributed by atoms with Gasteiger partial charge in [-0.15, -0.1) is 4.91 Å². The van der Waals surface area contributed by atoms with E-state index in [1.165, 1.54) is 12.8 Å². The fraction of sp³-hybridized carbons (Fsp3) is 1.00. The lowest BCUT2D eigenvalue weighted by Gasteiger charge is -1.86. The third-order valence-corrected chi connectivity index (χ3v) is 0.925. The van der Waals surface area contributed by atoms with Crippen LogP contribution >= 0.6 is 0 Å². The molecule has 6 nitrogen and oxygen atoms in total. The maximum atomic E-state index is 8.33. The maximum absolute atomic E-state index is 8.33. The van der Waals surface area contributed by atoms with Crippen LogP contribution in [-0.2, 0) is 0 Å². The van der Waals surface area contributed by atoms with Crippen molar-refractivity contribution >= 4 is 0 Å². The molecule has 0 atom stereocenters. The van der Waals surface area contributed by atoms with E-state index < -0.39 is 0 Å². The number of nitrogens with two attached hydrogens (primary N) is 1. The molecule has 0 rings (SSSR count). The summed E-state index contributed by atoms with van der Waals surface area (Å²) in [7, 11) is 0. The van der Waals surface area contributed by atoms with Crippen LogP contribution in [-0.4, -0.2) is 6.54 Å². The molecule has 0 unspecified atom stereocenters. The van der Waals surface area contributed by atoms with Gasteiger partial charge in [-0.05, 0) is 12.0 Å². The van der Waals surface area contributed by atoms with Crippen LogP contribution in [0.3, 0.4) is 0 Å². The van der Waals surface area contributed by atoms with Crippen molar-refractivity contribution in [1.82, 2.24) is 0 Å². The second kappa shape index (κ2) is 15.9. The predicted molar refractivity (Wildman–Crippen MR) is 43.5 cm³/mol. The van der Waals surface area contributed by atoms with Gasteiger partial charge in [0.1, 0.15) is 0 Å². The Morgan fingerprint density at radius 3 is 2.45 bits per heavy atom. The highest BCUT2D eigenvalue weighted by molar-refractivity contribution is 4.45. The predicted octanol–water partition coefficient (Wildman–Crippen LogP) is 2.11. The van der Waals surface area contributed by atoms with Crippen molar-refractivity contribution in [2.45, 2.75) is 26.2 Å². The molecule has 0 saturated carbocycles. The van der Waals surface area contributed by atoms with Crippen molar-refractivity contribution < 1.29 is 0 Å². The normalized spacial score (nSPS) is 7.00. The minimum atomic E-state index is 0.657. The molecule has 0 aliphatic heterocycles.